The van der Waals surface area contributed by atoms with Gasteiger partial charge < -0.3 is 10.1 Å². The third kappa shape index (κ3) is 3.58. The summed E-state index contributed by atoms with van der Waals surface area (Å²) in [7, 11) is 0. The van der Waals surface area contributed by atoms with Gasteiger partial charge in [0, 0.05) is 12.6 Å². The van der Waals surface area contributed by atoms with E-state index in [1.807, 2.05) is 0 Å². The fraction of sp³-hybridized carbons (Fsp3) is 1.00. The van der Waals surface area contributed by atoms with Crippen molar-refractivity contribution in [1.29, 1.82) is 0 Å². The summed E-state index contributed by atoms with van der Waals surface area (Å²) in [6, 6.07) is 0.442. The molecular formula is C12H22F3NO. The molecular weight excluding hydrogens is 231 g/mol. The Morgan fingerprint density at radius 1 is 1.12 bits per heavy atom. The maximum atomic E-state index is 11.8. The minimum atomic E-state index is -4.21. The highest BCUT2D eigenvalue weighted by atomic mass is 19.4. The molecule has 0 unspecified atom stereocenters. The van der Waals surface area contributed by atoms with Crippen molar-refractivity contribution in [3.05, 3.63) is 0 Å². The van der Waals surface area contributed by atoms with Gasteiger partial charge in [-0.05, 0) is 23.8 Å². The minimum absolute atomic E-state index is 0.153. The first-order chi connectivity index (χ1) is 7.59. The van der Waals surface area contributed by atoms with Gasteiger partial charge in [-0.2, -0.15) is 13.2 Å². The van der Waals surface area contributed by atoms with Gasteiger partial charge in [0.25, 0.3) is 0 Å². The quantitative estimate of drug-likeness (QED) is 0.735. The summed E-state index contributed by atoms with van der Waals surface area (Å²) in [5.74, 6) is 0. The fourth-order valence-electron chi connectivity index (χ4n) is 2.32. The van der Waals surface area contributed by atoms with Crippen LogP contribution in [0.15, 0.2) is 0 Å². The largest absolute Gasteiger partial charge is 0.411 e. The minimum Gasteiger partial charge on any atom is -0.372 e. The van der Waals surface area contributed by atoms with Gasteiger partial charge in [0.2, 0.25) is 0 Å². The molecule has 0 aromatic heterocycles. The van der Waals surface area contributed by atoms with Crippen LogP contribution in [0.1, 0.15) is 34.1 Å². The summed E-state index contributed by atoms with van der Waals surface area (Å²) in [6.07, 6.45) is -3.60. The van der Waals surface area contributed by atoms with E-state index in [1.54, 1.807) is 0 Å². The smallest absolute Gasteiger partial charge is 0.372 e. The van der Waals surface area contributed by atoms with Crippen molar-refractivity contribution in [2.45, 2.75) is 46.3 Å². The molecule has 102 valence electrons. The van der Waals surface area contributed by atoms with Crippen LogP contribution in [0.4, 0.5) is 13.2 Å². The van der Waals surface area contributed by atoms with E-state index in [-0.39, 0.29) is 17.4 Å². The molecule has 1 rings (SSSR count). The Balaban J connectivity index is 2.04. The molecule has 1 saturated carbocycles. The summed E-state index contributed by atoms with van der Waals surface area (Å²) < 4.78 is 39.8. The number of halogens is 3. The van der Waals surface area contributed by atoms with Crippen molar-refractivity contribution in [1.82, 2.24) is 5.32 Å². The zero-order chi connectivity index (χ0) is 13.3. The SMILES string of the molecule is CC1(C)C(NCCCOCC(F)(F)F)C1(C)C. The fourth-order valence-corrected chi connectivity index (χ4v) is 2.32. The highest BCUT2D eigenvalue weighted by Gasteiger charge is 2.64. The Morgan fingerprint density at radius 2 is 1.65 bits per heavy atom. The van der Waals surface area contributed by atoms with Gasteiger partial charge in [-0.15, -0.1) is 0 Å². The molecule has 17 heavy (non-hydrogen) atoms. The van der Waals surface area contributed by atoms with Crippen LogP contribution in [-0.2, 0) is 4.74 Å². The summed E-state index contributed by atoms with van der Waals surface area (Å²) in [5, 5.41) is 3.37. The van der Waals surface area contributed by atoms with Crippen molar-refractivity contribution in [2.24, 2.45) is 10.8 Å². The molecule has 1 N–H and O–H groups in total. The van der Waals surface area contributed by atoms with Crippen molar-refractivity contribution >= 4 is 0 Å². The predicted octanol–water partition coefficient (Wildman–Crippen LogP) is 2.98. The summed E-state index contributed by atoms with van der Waals surface area (Å²) >= 11 is 0. The van der Waals surface area contributed by atoms with E-state index in [1.165, 1.54) is 0 Å². The molecule has 0 spiro atoms. The average molecular weight is 253 g/mol. The number of alkyl halides is 3. The normalized spacial score (nSPS) is 22.8. The molecule has 0 aromatic carbocycles. The van der Waals surface area contributed by atoms with Crippen LogP contribution in [0.3, 0.4) is 0 Å². The number of hydrogen-bond donors (Lipinski definition) is 1. The molecule has 1 fully saturated rings. The van der Waals surface area contributed by atoms with Crippen LogP contribution in [0.5, 0.6) is 0 Å². The third-order valence-corrected chi connectivity index (χ3v) is 4.10. The Labute approximate surface area is 101 Å². The van der Waals surface area contributed by atoms with Gasteiger partial charge in [-0.1, -0.05) is 27.7 Å². The maximum Gasteiger partial charge on any atom is 0.411 e. The highest BCUT2D eigenvalue weighted by Crippen LogP contribution is 2.62. The lowest BCUT2D eigenvalue weighted by Crippen LogP contribution is -2.25. The first-order valence-electron chi connectivity index (χ1n) is 5.97. The van der Waals surface area contributed by atoms with E-state index in [4.69, 9.17) is 0 Å². The topological polar surface area (TPSA) is 21.3 Å². The molecule has 0 radical (unpaired) electrons. The first kappa shape index (κ1) is 14.8. The second-order valence-corrected chi connectivity index (χ2v) is 5.85. The van der Waals surface area contributed by atoms with Crippen LogP contribution >= 0.6 is 0 Å². The van der Waals surface area contributed by atoms with E-state index in [9.17, 15) is 13.2 Å². The third-order valence-electron chi connectivity index (χ3n) is 4.10. The lowest BCUT2D eigenvalue weighted by Gasteiger charge is -2.09. The van der Waals surface area contributed by atoms with Crippen LogP contribution in [0, 0.1) is 10.8 Å². The molecule has 0 amide bonds. The van der Waals surface area contributed by atoms with E-state index >= 15 is 0 Å². The van der Waals surface area contributed by atoms with Gasteiger partial charge in [0.15, 0.2) is 0 Å². The van der Waals surface area contributed by atoms with Gasteiger partial charge >= 0.3 is 6.18 Å². The van der Waals surface area contributed by atoms with Crippen LogP contribution in [0.25, 0.3) is 0 Å². The molecule has 1 aliphatic rings. The summed E-state index contributed by atoms with van der Waals surface area (Å²) in [6.45, 7) is 8.51. The molecule has 5 heteroatoms. The number of rotatable bonds is 6. The van der Waals surface area contributed by atoms with Gasteiger partial charge in [-0.3, -0.25) is 0 Å². The van der Waals surface area contributed by atoms with E-state index in [0.717, 1.165) is 0 Å². The summed E-state index contributed by atoms with van der Waals surface area (Å²) in [5.41, 5.74) is 0.527. The van der Waals surface area contributed by atoms with Crippen molar-refractivity contribution < 1.29 is 17.9 Å². The molecule has 1 aliphatic carbocycles. The van der Waals surface area contributed by atoms with Crippen molar-refractivity contribution in [3.8, 4) is 0 Å². The zero-order valence-electron chi connectivity index (χ0n) is 10.9. The van der Waals surface area contributed by atoms with Gasteiger partial charge in [0.1, 0.15) is 6.61 Å². The standard InChI is InChI=1S/C12H22F3NO/c1-10(2)9(11(10,3)4)16-6-5-7-17-8-12(13,14)15/h9,16H,5-8H2,1-4H3. The molecule has 0 bridgehead atoms. The zero-order valence-corrected chi connectivity index (χ0v) is 10.9. The number of hydrogen-bond acceptors (Lipinski definition) is 2. The Hall–Kier alpha value is -0.290. The summed E-state index contributed by atoms with van der Waals surface area (Å²) in [4.78, 5) is 0. The second-order valence-electron chi connectivity index (χ2n) is 5.85. The molecule has 0 saturated heterocycles. The molecule has 2 nitrogen and oxygen atoms in total. The van der Waals surface area contributed by atoms with Crippen LogP contribution in [-0.4, -0.2) is 32.0 Å². The second kappa shape index (κ2) is 4.76. The van der Waals surface area contributed by atoms with Crippen molar-refractivity contribution in [3.63, 3.8) is 0 Å². The first-order valence-corrected chi connectivity index (χ1v) is 5.97. The molecule has 0 aromatic rings. The van der Waals surface area contributed by atoms with Gasteiger partial charge in [0.05, 0.1) is 0 Å². The Kier molecular flexibility index (Phi) is 4.14. The predicted molar refractivity (Wildman–Crippen MR) is 60.8 cm³/mol. The lowest BCUT2D eigenvalue weighted by molar-refractivity contribution is -0.173. The molecule has 0 aliphatic heterocycles. The van der Waals surface area contributed by atoms with Crippen LogP contribution < -0.4 is 5.32 Å². The van der Waals surface area contributed by atoms with E-state index in [2.05, 4.69) is 37.7 Å². The average Bonchev–Trinajstić information content (AvgIpc) is 2.50. The monoisotopic (exact) mass is 253 g/mol. The van der Waals surface area contributed by atoms with Crippen LogP contribution in [0.2, 0.25) is 0 Å². The molecule has 0 heterocycles. The highest BCUT2D eigenvalue weighted by molar-refractivity contribution is 5.17. The number of ether oxygens (including phenoxy) is 1. The Bertz CT molecular complexity index is 247. The Morgan fingerprint density at radius 3 is 2.06 bits per heavy atom. The van der Waals surface area contributed by atoms with E-state index < -0.39 is 12.8 Å². The lowest BCUT2D eigenvalue weighted by atomic mass is 10.0. The molecule has 0 atom stereocenters. The van der Waals surface area contributed by atoms with Gasteiger partial charge in [-0.25, -0.2) is 0 Å². The van der Waals surface area contributed by atoms with Crippen molar-refractivity contribution in [2.75, 3.05) is 19.8 Å². The number of nitrogens with one attached hydrogen (secondary N) is 1. The maximum absolute atomic E-state index is 11.8. The van der Waals surface area contributed by atoms with E-state index in [0.29, 0.717) is 19.0 Å².